The summed E-state index contributed by atoms with van der Waals surface area (Å²) in [4.78, 5) is 36.5. The van der Waals surface area contributed by atoms with Crippen LogP contribution in [0, 0.1) is 0 Å². The van der Waals surface area contributed by atoms with E-state index < -0.39 is 11.7 Å². The van der Waals surface area contributed by atoms with Gasteiger partial charge in [0.1, 0.15) is 18.8 Å². The molecule has 1 aliphatic rings. The number of likely N-dealkylation sites (tertiary alicyclic amines) is 1. The Morgan fingerprint density at radius 2 is 1.79 bits per heavy atom. The Kier molecular flexibility index (Phi) is 7.97. The molecule has 0 aliphatic carbocycles. The number of nitrogens with one attached hydrogen (secondary N) is 1. The maximum absolute atomic E-state index is 12.1. The number of rotatable bonds is 6. The summed E-state index contributed by atoms with van der Waals surface area (Å²) in [6.07, 6.45) is 0.635. The van der Waals surface area contributed by atoms with Crippen molar-refractivity contribution in [1.82, 2.24) is 10.2 Å². The molecule has 0 bridgehead atoms. The fourth-order valence-corrected chi connectivity index (χ4v) is 2.23. The minimum atomic E-state index is -0.608. The van der Waals surface area contributed by atoms with E-state index in [-0.39, 0.29) is 31.1 Å². The molecule has 0 unspecified atom stereocenters. The third-order valence-corrected chi connectivity index (χ3v) is 3.32. The first-order valence-corrected chi connectivity index (χ1v) is 8.23. The van der Waals surface area contributed by atoms with Crippen LogP contribution >= 0.6 is 0 Å². The molecule has 2 amide bonds. The molecule has 1 rings (SSSR count). The van der Waals surface area contributed by atoms with Crippen LogP contribution in [0.4, 0.5) is 4.79 Å². The predicted octanol–water partition coefficient (Wildman–Crippen LogP) is 1.08. The largest absolute Gasteiger partial charge is 0.464 e. The first kappa shape index (κ1) is 20.2. The van der Waals surface area contributed by atoms with E-state index in [1.807, 2.05) is 0 Å². The topological polar surface area (TPSA) is 94.2 Å². The van der Waals surface area contributed by atoms with Crippen LogP contribution in [0.1, 0.15) is 40.5 Å². The van der Waals surface area contributed by atoms with Crippen molar-refractivity contribution in [2.24, 2.45) is 0 Å². The fraction of sp³-hybridized carbons (Fsp3) is 0.812. The van der Waals surface area contributed by atoms with Gasteiger partial charge in [0, 0.05) is 13.1 Å². The molecule has 8 heteroatoms. The van der Waals surface area contributed by atoms with Gasteiger partial charge in [0.15, 0.2) is 0 Å². The van der Waals surface area contributed by atoms with Gasteiger partial charge in [-0.15, -0.1) is 0 Å². The van der Waals surface area contributed by atoms with Gasteiger partial charge in [-0.05, 0) is 40.5 Å². The van der Waals surface area contributed by atoms with Crippen molar-refractivity contribution in [2.45, 2.75) is 52.2 Å². The van der Waals surface area contributed by atoms with Crippen molar-refractivity contribution < 1.29 is 28.6 Å². The highest BCUT2D eigenvalue weighted by molar-refractivity contribution is 5.82. The third-order valence-electron chi connectivity index (χ3n) is 3.32. The Bertz CT molecular complexity index is 438. The van der Waals surface area contributed by atoms with Gasteiger partial charge in [0.25, 0.3) is 0 Å². The number of hydrogen-bond donors (Lipinski definition) is 1. The molecule has 138 valence electrons. The molecule has 8 nitrogen and oxygen atoms in total. The molecule has 0 spiro atoms. The summed E-state index contributed by atoms with van der Waals surface area (Å²) < 4.78 is 15.4. The smallest absolute Gasteiger partial charge is 0.408 e. The summed E-state index contributed by atoms with van der Waals surface area (Å²) in [6, 6.07) is 0. The Labute approximate surface area is 142 Å². The Morgan fingerprint density at radius 3 is 2.33 bits per heavy atom. The lowest BCUT2D eigenvalue weighted by molar-refractivity contribution is -0.152. The molecule has 0 atom stereocenters. The molecule has 0 aromatic carbocycles. The average molecular weight is 344 g/mol. The van der Waals surface area contributed by atoms with Gasteiger partial charge >= 0.3 is 12.1 Å². The summed E-state index contributed by atoms with van der Waals surface area (Å²) in [5, 5.41) is 2.46. The zero-order valence-electron chi connectivity index (χ0n) is 14.9. The second-order valence-electron chi connectivity index (χ2n) is 6.55. The molecule has 0 aromatic rings. The molecular weight excluding hydrogens is 316 g/mol. The molecule has 0 aromatic heterocycles. The molecule has 1 N–H and O–H groups in total. The number of esters is 1. The number of carbonyl (C=O) groups excluding carboxylic acids is 3. The second kappa shape index (κ2) is 9.46. The van der Waals surface area contributed by atoms with E-state index in [4.69, 9.17) is 14.2 Å². The van der Waals surface area contributed by atoms with Gasteiger partial charge in [-0.3, -0.25) is 4.79 Å². The standard InChI is InChI=1S/C16H28N2O6/c1-5-22-14(20)11-23-12-6-8-18(9-7-12)13(19)10-17-15(21)24-16(2,3)4/h12H,5-11H2,1-4H3,(H,17,21). The average Bonchev–Trinajstić information content (AvgIpc) is 2.50. The van der Waals surface area contributed by atoms with E-state index >= 15 is 0 Å². The third kappa shape index (κ3) is 8.14. The van der Waals surface area contributed by atoms with E-state index in [9.17, 15) is 14.4 Å². The number of ether oxygens (including phenoxy) is 3. The minimum Gasteiger partial charge on any atom is -0.464 e. The van der Waals surface area contributed by atoms with Gasteiger partial charge in [-0.1, -0.05) is 0 Å². The monoisotopic (exact) mass is 344 g/mol. The lowest BCUT2D eigenvalue weighted by atomic mass is 10.1. The summed E-state index contributed by atoms with van der Waals surface area (Å²) in [7, 11) is 0. The van der Waals surface area contributed by atoms with Crippen molar-refractivity contribution >= 4 is 18.0 Å². The Balaban J connectivity index is 2.23. The van der Waals surface area contributed by atoms with Crippen LogP contribution in [0.15, 0.2) is 0 Å². The van der Waals surface area contributed by atoms with Gasteiger partial charge in [0.2, 0.25) is 5.91 Å². The van der Waals surface area contributed by atoms with Crippen LogP contribution in [0.25, 0.3) is 0 Å². The second-order valence-corrected chi connectivity index (χ2v) is 6.55. The number of alkyl carbamates (subject to hydrolysis) is 1. The van der Waals surface area contributed by atoms with Crippen LogP contribution < -0.4 is 5.32 Å². The van der Waals surface area contributed by atoms with Crippen LogP contribution in [0.3, 0.4) is 0 Å². The lowest BCUT2D eigenvalue weighted by Gasteiger charge is -2.32. The number of piperidine rings is 1. The maximum Gasteiger partial charge on any atom is 0.408 e. The van der Waals surface area contributed by atoms with Crippen molar-refractivity contribution in [2.75, 3.05) is 32.8 Å². The summed E-state index contributed by atoms with van der Waals surface area (Å²) in [5.74, 6) is -0.540. The van der Waals surface area contributed by atoms with Gasteiger partial charge in [-0.2, -0.15) is 0 Å². The Morgan fingerprint density at radius 1 is 1.17 bits per heavy atom. The molecule has 0 saturated carbocycles. The van der Waals surface area contributed by atoms with E-state index in [0.717, 1.165) is 0 Å². The van der Waals surface area contributed by atoms with Crippen LogP contribution in [0.2, 0.25) is 0 Å². The van der Waals surface area contributed by atoms with Gasteiger partial charge < -0.3 is 24.4 Å². The van der Waals surface area contributed by atoms with E-state index in [1.165, 1.54) is 0 Å². The van der Waals surface area contributed by atoms with Crippen LogP contribution in [-0.2, 0) is 23.8 Å². The van der Waals surface area contributed by atoms with Gasteiger partial charge in [0.05, 0.1) is 12.7 Å². The molecule has 24 heavy (non-hydrogen) atoms. The van der Waals surface area contributed by atoms with Crippen molar-refractivity contribution in [3.8, 4) is 0 Å². The maximum atomic E-state index is 12.1. The Hall–Kier alpha value is -1.83. The van der Waals surface area contributed by atoms with Crippen LogP contribution in [-0.4, -0.2) is 67.4 Å². The predicted molar refractivity (Wildman–Crippen MR) is 86.4 cm³/mol. The highest BCUT2D eigenvalue weighted by Gasteiger charge is 2.24. The highest BCUT2D eigenvalue weighted by Crippen LogP contribution is 2.14. The van der Waals surface area contributed by atoms with Crippen molar-refractivity contribution in [1.29, 1.82) is 0 Å². The summed E-state index contributed by atoms with van der Waals surface area (Å²) in [6.45, 7) is 8.26. The zero-order valence-corrected chi connectivity index (χ0v) is 14.9. The van der Waals surface area contributed by atoms with Crippen molar-refractivity contribution in [3.63, 3.8) is 0 Å². The number of amides is 2. The normalized spacial score (nSPS) is 15.8. The molecule has 1 heterocycles. The first-order chi connectivity index (χ1) is 11.2. The summed E-state index contributed by atoms with van der Waals surface area (Å²) in [5.41, 5.74) is -0.595. The fourth-order valence-electron chi connectivity index (χ4n) is 2.23. The highest BCUT2D eigenvalue weighted by atomic mass is 16.6. The number of nitrogens with zero attached hydrogens (tertiary/aromatic N) is 1. The first-order valence-electron chi connectivity index (χ1n) is 8.23. The van der Waals surface area contributed by atoms with Crippen molar-refractivity contribution in [3.05, 3.63) is 0 Å². The van der Waals surface area contributed by atoms with Crippen LogP contribution in [0.5, 0.6) is 0 Å². The molecular formula is C16H28N2O6. The molecule has 1 saturated heterocycles. The van der Waals surface area contributed by atoms with Gasteiger partial charge in [-0.25, -0.2) is 9.59 Å². The number of hydrogen-bond acceptors (Lipinski definition) is 6. The molecule has 0 radical (unpaired) electrons. The number of carbonyl (C=O) groups is 3. The van der Waals surface area contributed by atoms with E-state index in [0.29, 0.717) is 32.5 Å². The lowest BCUT2D eigenvalue weighted by Crippen LogP contribution is -2.46. The summed E-state index contributed by atoms with van der Waals surface area (Å²) >= 11 is 0. The zero-order chi connectivity index (χ0) is 18.2. The molecule has 1 aliphatic heterocycles. The SMILES string of the molecule is CCOC(=O)COC1CCN(C(=O)CNC(=O)OC(C)(C)C)CC1. The quantitative estimate of drug-likeness (QED) is 0.725. The van der Waals surface area contributed by atoms with E-state index in [2.05, 4.69) is 5.32 Å². The van der Waals surface area contributed by atoms with E-state index in [1.54, 1.807) is 32.6 Å². The molecule has 1 fully saturated rings. The minimum absolute atomic E-state index is 0.0581.